The predicted molar refractivity (Wildman–Crippen MR) is 202 cm³/mol. The van der Waals surface area contributed by atoms with Gasteiger partial charge in [-0.3, -0.25) is 0 Å². The third-order valence-electron chi connectivity index (χ3n) is 8.23. The number of benzene rings is 4. The van der Waals surface area contributed by atoms with Gasteiger partial charge in [-0.25, -0.2) is 0 Å². The molecule has 0 aliphatic heterocycles. The Morgan fingerprint density at radius 3 is 2.14 bits per heavy atom. The van der Waals surface area contributed by atoms with Crippen molar-refractivity contribution in [3.05, 3.63) is 127 Å². The van der Waals surface area contributed by atoms with Crippen molar-refractivity contribution < 1.29 is 35.8 Å². The average molecular weight is 842 g/mol. The number of nitrogens with zero attached hydrogens (tertiary/aromatic N) is 2. The molecule has 8 rings (SSSR count). The molecule has 0 atom stereocenters. The van der Waals surface area contributed by atoms with Crippen molar-refractivity contribution in [3.63, 3.8) is 0 Å². The zero-order valence-electron chi connectivity index (χ0n) is 33.4. The maximum absolute atomic E-state index is 8.84. The molecule has 0 fully saturated rings. The molecule has 0 N–H and O–H groups in total. The standard InChI is InChI=1S/C29H24NO2.C14H16NSi.Ir/c1-17-16-30-24(14-18(17)15-29(2,3)4)23-10-7-9-20-22-13-12-21-19-8-5-6-11-25(19)31-27(21)28(22)32-26(20)23;1-16(2,3)13-9-10-14(15-11-13)12-7-5-4-6-8-12;/h5-9,11-14,16H,15H2,1-4H3;4-7,9-11H,1-3H3;/q2*-1;/i1D3,15D2;;. The second kappa shape index (κ2) is 13.5. The Kier molecular flexibility index (Phi) is 7.85. The van der Waals surface area contributed by atoms with Crippen molar-refractivity contribution in [3.8, 4) is 22.5 Å². The van der Waals surface area contributed by atoms with E-state index in [0.29, 0.717) is 28.0 Å². The summed E-state index contributed by atoms with van der Waals surface area (Å²) in [5.41, 5.74) is 4.67. The van der Waals surface area contributed by atoms with Crippen LogP contribution in [0.3, 0.4) is 0 Å². The van der Waals surface area contributed by atoms with Crippen molar-refractivity contribution in [1.82, 2.24) is 9.97 Å². The molecule has 1 radical (unpaired) electrons. The number of hydrogen-bond donors (Lipinski definition) is 0. The van der Waals surface area contributed by atoms with Crippen LogP contribution in [0.25, 0.3) is 66.4 Å². The van der Waals surface area contributed by atoms with Gasteiger partial charge in [-0.2, -0.15) is 0 Å². The first-order chi connectivity index (χ1) is 24.9. The van der Waals surface area contributed by atoms with Gasteiger partial charge in [0.15, 0.2) is 11.2 Å². The number of pyridine rings is 2. The fraction of sp³-hybridized carbons (Fsp3) is 0.209. The van der Waals surface area contributed by atoms with Crippen LogP contribution in [0.15, 0.2) is 112 Å². The van der Waals surface area contributed by atoms with Crippen LogP contribution >= 0.6 is 0 Å². The molecule has 4 aromatic heterocycles. The van der Waals surface area contributed by atoms with E-state index in [-0.39, 0.29) is 31.2 Å². The van der Waals surface area contributed by atoms with E-state index in [1.807, 2.05) is 72.9 Å². The molecule has 6 heteroatoms. The zero-order valence-corrected chi connectivity index (χ0v) is 31.8. The van der Waals surface area contributed by atoms with Crippen molar-refractivity contribution in [1.29, 1.82) is 0 Å². The molecule has 49 heavy (non-hydrogen) atoms. The maximum atomic E-state index is 8.84. The first kappa shape index (κ1) is 28.5. The van der Waals surface area contributed by atoms with Crippen molar-refractivity contribution in [2.24, 2.45) is 5.41 Å². The summed E-state index contributed by atoms with van der Waals surface area (Å²) < 4.78 is 54.2. The molecule has 4 nitrogen and oxygen atoms in total. The molecule has 0 spiro atoms. The molecule has 0 aliphatic carbocycles. The molecule has 8 aromatic rings. The van der Waals surface area contributed by atoms with Crippen LogP contribution in [0.5, 0.6) is 0 Å². The fourth-order valence-corrected chi connectivity index (χ4v) is 6.86. The molecular weight excluding hydrogens is 797 g/mol. The maximum Gasteiger partial charge on any atom is 0.177 e. The van der Waals surface area contributed by atoms with E-state index in [1.54, 1.807) is 26.8 Å². The first-order valence-electron chi connectivity index (χ1n) is 18.6. The van der Waals surface area contributed by atoms with Gasteiger partial charge in [0.05, 0.1) is 13.7 Å². The molecule has 4 aromatic carbocycles. The number of aromatic nitrogens is 2. The first-order valence-corrected chi connectivity index (χ1v) is 19.6. The summed E-state index contributed by atoms with van der Waals surface area (Å²) in [5, 5.41) is 5.07. The van der Waals surface area contributed by atoms with Crippen molar-refractivity contribution in [2.75, 3.05) is 0 Å². The number of rotatable bonds is 4. The quantitative estimate of drug-likeness (QED) is 0.131. The largest absolute Gasteiger partial charge is 0.497 e. The summed E-state index contributed by atoms with van der Waals surface area (Å²) in [6.45, 7) is 9.74. The zero-order chi connectivity index (χ0) is 37.9. The minimum atomic E-state index is -2.51. The normalized spacial score (nSPS) is 14.0. The summed E-state index contributed by atoms with van der Waals surface area (Å²) in [6, 6.07) is 35.7. The van der Waals surface area contributed by atoms with E-state index < -0.39 is 26.7 Å². The minimum absolute atomic E-state index is 0. The van der Waals surface area contributed by atoms with Crippen LogP contribution in [0, 0.1) is 24.4 Å². The molecule has 0 unspecified atom stereocenters. The number of hydrogen-bond acceptors (Lipinski definition) is 4. The van der Waals surface area contributed by atoms with Gasteiger partial charge in [0.1, 0.15) is 5.58 Å². The second-order valence-corrected chi connectivity index (χ2v) is 19.1. The third kappa shape index (κ3) is 7.05. The van der Waals surface area contributed by atoms with Crippen LogP contribution in [-0.4, -0.2) is 18.0 Å². The van der Waals surface area contributed by atoms with E-state index in [4.69, 9.17) is 15.7 Å². The smallest absolute Gasteiger partial charge is 0.177 e. The van der Waals surface area contributed by atoms with Gasteiger partial charge in [-0.05, 0) is 52.9 Å². The van der Waals surface area contributed by atoms with Crippen LogP contribution in [0.2, 0.25) is 19.6 Å². The monoisotopic (exact) mass is 842 g/mol. The summed E-state index contributed by atoms with van der Waals surface area (Å²) in [6.07, 6.45) is 1.34. The number of furan rings is 2. The summed E-state index contributed by atoms with van der Waals surface area (Å²) in [7, 11) is -1.23. The number of fused-ring (bicyclic) bond motifs is 7. The SMILES string of the molecule is C[Si](C)(C)c1ccc(-c2[c-]cccc2)nc1.[2H]C([2H])([2H])c1cnc(-c2[c-]ccc3c2oc2c3ccc3c4ccccc4oc32)cc1C([2H])([2H])C(C)(C)C.[Ir]. The predicted octanol–water partition coefficient (Wildman–Crippen LogP) is 11.3. The molecule has 0 aliphatic rings. The minimum Gasteiger partial charge on any atom is -0.497 e. The number of para-hydroxylation sites is 1. The Balaban J connectivity index is 0.000000246. The van der Waals surface area contributed by atoms with Crippen LogP contribution < -0.4 is 5.19 Å². The fourth-order valence-electron chi connectivity index (χ4n) is 5.82. The summed E-state index contributed by atoms with van der Waals surface area (Å²) >= 11 is 0. The Morgan fingerprint density at radius 2 is 1.45 bits per heavy atom. The molecule has 0 bridgehead atoms. The van der Waals surface area contributed by atoms with E-state index in [9.17, 15) is 0 Å². The summed E-state index contributed by atoms with van der Waals surface area (Å²) in [4.78, 5) is 8.97. The van der Waals surface area contributed by atoms with E-state index in [0.717, 1.165) is 38.4 Å². The van der Waals surface area contributed by atoms with E-state index in [1.165, 1.54) is 17.4 Å². The van der Waals surface area contributed by atoms with Gasteiger partial charge in [0, 0.05) is 55.5 Å². The van der Waals surface area contributed by atoms with Crippen molar-refractivity contribution >= 4 is 57.1 Å². The number of aryl methyl sites for hydroxylation is 1. The molecule has 0 saturated carbocycles. The Morgan fingerprint density at radius 1 is 0.735 bits per heavy atom. The molecule has 4 heterocycles. The van der Waals surface area contributed by atoms with Crippen LogP contribution in [0.4, 0.5) is 0 Å². The van der Waals surface area contributed by atoms with Crippen LogP contribution in [-0.2, 0) is 26.5 Å². The topological polar surface area (TPSA) is 52.1 Å². The third-order valence-corrected chi connectivity index (χ3v) is 10.3. The Hall–Kier alpha value is -4.35. The van der Waals surface area contributed by atoms with Gasteiger partial charge < -0.3 is 18.8 Å². The Bertz CT molecular complexity index is 2600. The molecule has 0 saturated heterocycles. The second-order valence-electron chi connectivity index (χ2n) is 14.1. The molecule has 0 amide bonds. The van der Waals surface area contributed by atoms with Gasteiger partial charge in [-0.1, -0.05) is 99.4 Å². The van der Waals surface area contributed by atoms with Crippen molar-refractivity contribution in [2.45, 2.75) is 53.6 Å². The van der Waals surface area contributed by atoms with Gasteiger partial charge in [0.2, 0.25) is 0 Å². The Labute approximate surface area is 310 Å². The molecule has 249 valence electrons. The summed E-state index contributed by atoms with van der Waals surface area (Å²) in [5.74, 6) is 0. The van der Waals surface area contributed by atoms with E-state index in [2.05, 4.69) is 53.9 Å². The molecular formula is C43H40IrN2O2Si-2. The van der Waals surface area contributed by atoms with Gasteiger partial charge in [-0.15, -0.1) is 54.1 Å². The average Bonchev–Trinajstić information content (AvgIpc) is 3.70. The van der Waals surface area contributed by atoms with Gasteiger partial charge >= 0.3 is 0 Å². The van der Waals surface area contributed by atoms with Crippen LogP contribution in [0.1, 0.15) is 38.8 Å². The van der Waals surface area contributed by atoms with E-state index >= 15 is 0 Å². The van der Waals surface area contributed by atoms with Gasteiger partial charge in [0.25, 0.3) is 0 Å².